The summed E-state index contributed by atoms with van der Waals surface area (Å²) in [5.41, 5.74) is 6.21. The summed E-state index contributed by atoms with van der Waals surface area (Å²) in [6.07, 6.45) is 1.62. The molecular weight excluding hydrogens is 262 g/mol. The van der Waals surface area contributed by atoms with Crippen molar-refractivity contribution in [2.45, 2.75) is 19.2 Å². The van der Waals surface area contributed by atoms with Crippen LogP contribution in [0, 0.1) is 0 Å². The number of hydrogen-bond donors (Lipinski definition) is 1. The largest absolute Gasteiger partial charge is 0.367 e. The van der Waals surface area contributed by atoms with E-state index in [9.17, 15) is 0 Å². The summed E-state index contributed by atoms with van der Waals surface area (Å²) in [7, 11) is 2.04. The van der Waals surface area contributed by atoms with Gasteiger partial charge in [0, 0.05) is 19.6 Å². The normalized spacial score (nSPS) is 20.4. The van der Waals surface area contributed by atoms with Crippen molar-refractivity contribution in [3.8, 4) is 0 Å². The van der Waals surface area contributed by atoms with Crippen LogP contribution in [0.3, 0.4) is 0 Å². The zero-order valence-corrected chi connectivity index (χ0v) is 11.3. The SMILES string of the molecule is CN1CCOC(c2noc(Cn3cc(CN)nn3)n2)C1. The predicted molar refractivity (Wildman–Crippen MR) is 67.5 cm³/mol. The fourth-order valence-corrected chi connectivity index (χ4v) is 2.05. The molecule has 20 heavy (non-hydrogen) atoms. The highest BCUT2D eigenvalue weighted by atomic mass is 16.5. The quantitative estimate of drug-likeness (QED) is 0.772. The van der Waals surface area contributed by atoms with Crippen LogP contribution in [0.5, 0.6) is 0 Å². The van der Waals surface area contributed by atoms with Crippen molar-refractivity contribution in [2.24, 2.45) is 5.73 Å². The van der Waals surface area contributed by atoms with Gasteiger partial charge in [-0.1, -0.05) is 10.4 Å². The zero-order valence-electron chi connectivity index (χ0n) is 11.3. The Balaban J connectivity index is 1.67. The molecule has 0 amide bonds. The van der Waals surface area contributed by atoms with Crippen molar-refractivity contribution in [3.05, 3.63) is 23.6 Å². The van der Waals surface area contributed by atoms with E-state index in [2.05, 4.69) is 25.4 Å². The van der Waals surface area contributed by atoms with Gasteiger partial charge in [0.05, 0.1) is 18.5 Å². The number of rotatable bonds is 4. The summed E-state index contributed by atoms with van der Waals surface area (Å²) in [5.74, 6) is 1.05. The van der Waals surface area contributed by atoms with Crippen molar-refractivity contribution < 1.29 is 9.26 Å². The van der Waals surface area contributed by atoms with Crippen molar-refractivity contribution in [2.75, 3.05) is 26.7 Å². The molecule has 2 aromatic heterocycles. The van der Waals surface area contributed by atoms with Crippen LogP contribution in [-0.2, 0) is 17.8 Å². The molecule has 0 saturated carbocycles. The Bertz CT molecular complexity index is 567. The molecule has 1 aliphatic rings. The second-order valence-electron chi connectivity index (χ2n) is 4.78. The first-order valence-corrected chi connectivity index (χ1v) is 6.46. The van der Waals surface area contributed by atoms with Crippen molar-refractivity contribution in [3.63, 3.8) is 0 Å². The van der Waals surface area contributed by atoms with E-state index in [1.165, 1.54) is 0 Å². The van der Waals surface area contributed by atoms with E-state index < -0.39 is 0 Å². The van der Waals surface area contributed by atoms with Crippen LogP contribution in [0.1, 0.15) is 23.5 Å². The molecule has 1 saturated heterocycles. The standard InChI is InChI=1S/C11H17N7O2/c1-17-2-3-19-9(6-17)11-13-10(20-15-11)7-18-5-8(4-12)14-16-18/h5,9H,2-4,6-7,12H2,1H3. The third-order valence-corrected chi connectivity index (χ3v) is 3.13. The maximum atomic E-state index is 5.64. The van der Waals surface area contributed by atoms with Gasteiger partial charge >= 0.3 is 0 Å². The first-order valence-electron chi connectivity index (χ1n) is 6.46. The molecular formula is C11H17N7O2. The van der Waals surface area contributed by atoms with Gasteiger partial charge in [0.2, 0.25) is 11.7 Å². The van der Waals surface area contributed by atoms with E-state index in [0.29, 0.717) is 31.4 Å². The van der Waals surface area contributed by atoms with Gasteiger partial charge in [-0.15, -0.1) is 5.10 Å². The maximum absolute atomic E-state index is 5.64. The minimum atomic E-state index is -0.137. The lowest BCUT2D eigenvalue weighted by molar-refractivity contribution is -0.0264. The van der Waals surface area contributed by atoms with Gasteiger partial charge in [-0.05, 0) is 7.05 Å². The van der Waals surface area contributed by atoms with E-state index >= 15 is 0 Å². The molecule has 1 aliphatic heterocycles. The first kappa shape index (κ1) is 13.2. The predicted octanol–water partition coefficient (Wildman–Crippen LogP) is -0.829. The lowest BCUT2D eigenvalue weighted by Crippen LogP contribution is -2.35. The number of ether oxygens (including phenoxy) is 1. The fourth-order valence-electron chi connectivity index (χ4n) is 2.05. The molecule has 1 fully saturated rings. The van der Waals surface area contributed by atoms with Crippen molar-refractivity contribution in [1.82, 2.24) is 30.0 Å². The molecule has 0 aromatic carbocycles. The van der Waals surface area contributed by atoms with Gasteiger partial charge < -0.3 is 19.9 Å². The van der Waals surface area contributed by atoms with Gasteiger partial charge in [-0.25, -0.2) is 4.68 Å². The molecule has 1 atom stereocenters. The van der Waals surface area contributed by atoms with Gasteiger partial charge in [-0.3, -0.25) is 0 Å². The average molecular weight is 279 g/mol. The van der Waals surface area contributed by atoms with Crippen molar-refractivity contribution in [1.29, 1.82) is 0 Å². The van der Waals surface area contributed by atoms with Crippen LogP contribution in [0.4, 0.5) is 0 Å². The summed E-state index contributed by atoms with van der Waals surface area (Å²) in [5, 5.41) is 11.8. The number of likely N-dealkylation sites (N-methyl/N-ethyl adjacent to an activating group) is 1. The average Bonchev–Trinajstić information content (AvgIpc) is 3.08. The number of hydrogen-bond acceptors (Lipinski definition) is 8. The third kappa shape index (κ3) is 2.84. The van der Waals surface area contributed by atoms with E-state index in [-0.39, 0.29) is 6.10 Å². The molecule has 3 rings (SSSR count). The summed E-state index contributed by atoms with van der Waals surface area (Å²) in [6.45, 7) is 3.09. The second kappa shape index (κ2) is 5.65. The molecule has 2 N–H and O–H groups in total. The molecule has 9 heteroatoms. The first-order chi connectivity index (χ1) is 9.74. The van der Waals surface area contributed by atoms with Crippen LogP contribution in [-0.4, -0.2) is 56.8 Å². The molecule has 108 valence electrons. The van der Waals surface area contributed by atoms with Gasteiger partial charge in [0.1, 0.15) is 12.6 Å². The van der Waals surface area contributed by atoms with E-state index in [0.717, 1.165) is 18.8 Å². The number of aromatic nitrogens is 5. The fraction of sp³-hybridized carbons (Fsp3) is 0.636. The Kier molecular flexibility index (Phi) is 3.72. The molecule has 1 unspecified atom stereocenters. The number of morpholine rings is 1. The van der Waals surface area contributed by atoms with Crippen LogP contribution >= 0.6 is 0 Å². The second-order valence-corrected chi connectivity index (χ2v) is 4.78. The maximum Gasteiger partial charge on any atom is 0.248 e. The smallest absolute Gasteiger partial charge is 0.248 e. The van der Waals surface area contributed by atoms with E-state index in [4.69, 9.17) is 15.0 Å². The summed E-state index contributed by atoms with van der Waals surface area (Å²) in [4.78, 5) is 6.53. The Hall–Kier alpha value is -1.84. The monoisotopic (exact) mass is 279 g/mol. The van der Waals surface area contributed by atoms with Gasteiger partial charge in [0.25, 0.3) is 0 Å². The Morgan fingerprint density at radius 2 is 2.40 bits per heavy atom. The highest BCUT2D eigenvalue weighted by molar-refractivity contribution is 4.96. The minimum Gasteiger partial charge on any atom is -0.367 e. The van der Waals surface area contributed by atoms with E-state index in [1.807, 2.05) is 7.05 Å². The van der Waals surface area contributed by atoms with E-state index in [1.54, 1.807) is 10.9 Å². The van der Waals surface area contributed by atoms with Crippen molar-refractivity contribution >= 4 is 0 Å². The topological polar surface area (TPSA) is 108 Å². The van der Waals surface area contributed by atoms with Crippen LogP contribution in [0.25, 0.3) is 0 Å². The van der Waals surface area contributed by atoms with Crippen LogP contribution < -0.4 is 5.73 Å². The molecule has 0 spiro atoms. The lowest BCUT2D eigenvalue weighted by atomic mass is 10.3. The molecule has 0 radical (unpaired) electrons. The molecule has 0 bridgehead atoms. The number of nitrogens with zero attached hydrogens (tertiary/aromatic N) is 6. The molecule has 9 nitrogen and oxygen atoms in total. The minimum absolute atomic E-state index is 0.137. The Morgan fingerprint density at radius 1 is 1.50 bits per heavy atom. The van der Waals surface area contributed by atoms with Crippen LogP contribution in [0.2, 0.25) is 0 Å². The summed E-state index contributed by atoms with van der Waals surface area (Å²) >= 11 is 0. The van der Waals surface area contributed by atoms with Gasteiger partial charge in [0.15, 0.2) is 0 Å². The Morgan fingerprint density at radius 3 is 3.15 bits per heavy atom. The molecule has 0 aliphatic carbocycles. The van der Waals surface area contributed by atoms with Gasteiger partial charge in [-0.2, -0.15) is 4.98 Å². The highest BCUT2D eigenvalue weighted by Crippen LogP contribution is 2.18. The number of nitrogens with two attached hydrogens (primary N) is 1. The van der Waals surface area contributed by atoms with Crippen LogP contribution in [0.15, 0.2) is 10.7 Å². The summed E-state index contributed by atoms with van der Waals surface area (Å²) < 4.78 is 12.5. The lowest BCUT2D eigenvalue weighted by Gasteiger charge is -2.27. The summed E-state index contributed by atoms with van der Waals surface area (Å²) in [6, 6.07) is 0. The molecule has 2 aromatic rings. The zero-order chi connectivity index (χ0) is 13.9. The third-order valence-electron chi connectivity index (χ3n) is 3.13. The molecule has 3 heterocycles. The Labute approximate surface area is 115 Å². The highest BCUT2D eigenvalue weighted by Gasteiger charge is 2.24.